The molecule has 1 aromatic carbocycles. The molecule has 0 saturated heterocycles. The molecule has 0 unspecified atom stereocenters. The summed E-state index contributed by atoms with van der Waals surface area (Å²) in [6.07, 6.45) is 0. The van der Waals surface area contributed by atoms with Crippen molar-refractivity contribution < 1.29 is 13.9 Å². The standard InChI is InChI=1S/C11H16FN3O2/c1-3-14-11(16)6-15-9-5-10(17-2)8(13)4-7(9)12/h4-5,15H,3,6,13H2,1-2H3,(H,14,16). The number of carbonyl (C=O) groups is 1. The quantitative estimate of drug-likeness (QED) is 0.671. The molecule has 0 heterocycles. The average molecular weight is 241 g/mol. The fourth-order valence-electron chi connectivity index (χ4n) is 1.32. The fourth-order valence-corrected chi connectivity index (χ4v) is 1.32. The van der Waals surface area contributed by atoms with Crippen molar-refractivity contribution in [1.29, 1.82) is 0 Å². The number of amides is 1. The van der Waals surface area contributed by atoms with Crippen molar-refractivity contribution in [3.8, 4) is 5.75 Å². The normalized spacial score (nSPS) is 9.82. The third-order valence-electron chi connectivity index (χ3n) is 2.13. The number of nitrogen functional groups attached to an aromatic ring is 1. The van der Waals surface area contributed by atoms with Gasteiger partial charge in [0.15, 0.2) is 0 Å². The molecule has 1 amide bonds. The Morgan fingerprint density at radius 3 is 2.82 bits per heavy atom. The van der Waals surface area contributed by atoms with E-state index in [0.717, 1.165) is 6.07 Å². The number of anilines is 2. The maximum Gasteiger partial charge on any atom is 0.239 e. The maximum atomic E-state index is 13.5. The van der Waals surface area contributed by atoms with Gasteiger partial charge in [0, 0.05) is 18.7 Å². The highest BCUT2D eigenvalue weighted by molar-refractivity contribution is 5.81. The summed E-state index contributed by atoms with van der Waals surface area (Å²) in [6, 6.07) is 2.57. The van der Waals surface area contributed by atoms with E-state index in [1.807, 2.05) is 6.92 Å². The number of benzene rings is 1. The number of methoxy groups -OCH3 is 1. The summed E-state index contributed by atoms with van der Waals surface area (Å²) in [4.78, 5) is 11.2. The Hall–Kier alpha value is -1.98. The number of hydrogen-bond donors (Lipinski definition) is 3. The zero-order valence-corrected chi connectivity index (χ0v) is 9.84. The van der Waals surface area contributed by atoms with Crippen LogP contribution in [0.3, 0.4) is 0 Å². The van der Waals surface area contributed by atoms with Crippen molar-refractivity contribution in [2.45, 2.75) is 6.92 Å². The van der Waals surface area contributed by atoms with Crippen LogP contribution in [0.15, 0.2) is 12.1 Å². The monoisotopic (exact) mass is 241 g/mol. The Morgan fingerprint density at radius 1 is 1.53 bits per heavy atom. The first-order valence-electron chi connectivity index (χ1n) is 5.22. The molecule has 0 saturated carbocycles. The lowest BCUT2D eigenvalue weighted by Crippen LogP contribution is -2.29. The highest BCUT2D eigenvalue weighted by atomic mass is 19.1. The number of carbonyl (C=O) groups excluding carboxylic acids is 1. The Labute approximate surface area is 99.1 Å². The zero-order chi connectivity index (χ0) is 12.8. The van der Waals surface area contributed by atoms with Crippen molar-refractivity contribution in [2.75, 3.05) is 31.2 Å². The van der Waals surface area contributed by atoms with Crippen LogP contribution in [0, 0.1) is 5.82 Å². The third kappa shape index (κ3) is 3.51. The van der Waals surface area contributed by atoms with Crippen LogP contribution < -0.4 is 21.1 Å². The van der Waals surface area contributed by atoms with Crippen LogP contribution in [-0.4, -0.2) is 26.1 Å². The number of likely N-dealkylation sites (N-methyl/N-ethyl adjacent to an activating group) is 1. The second-order valence-corrected chi connectivity index (χ2v) is 3.38. The van der Waals surface area contributed by atoms with E-state index in [4.69, 9.17) is 10.5 Å². The number of hydrogen-bond acceptors (Lipinski definition) is 4. The maximum absolute atomic E-state index is 13.5. The molecule has 0 radical (unpaired) electrons. The third-order valence-corrected chi connectivity index (χ3v) is 2.13. The molecule has 17 heavy (non-hydrogen) atoms. The largest absolute Gasteiger partial charge is 0.495 e. The smallest absolute Gasteiger partial charge is 0.239 e. The van der Waals surface area contributed by atoms with Gasteiger partial charge in [-0.3, -0.25) is 4.79 Å². The Kier molecular flexibility index (Phi) is 4.56. The second kappa shape index (κ2) is 5.93. The zero-order valence-electron chi connectivity index (χ0n) is 9.84. The summed E-state index contributed by atoms with van der Waals surface area (Å²) in [5.74, 6) is -0.361. The van der Waals surface area contributed by atoms with E-state index in [1.54, 1.807) is 0 Å². The minimum absolute atomic E-state index is 0.00215. The molecular formula is C11H16FN3O2. The van der Waals surface area contributed by atoms with Crippen molar-refractivity contribution >= 4 is 17.3 Å². The predicted molar refractivity (Wildman–Crippen MR) is 64.5 cm³/mol. The number of ether oxygens (including phenoxy) is 1. The lowest BCUT2D eigenvalue weighted by Gasteiger charge is -2.11. The highest BCUT2D eigenvalue weighted by Gasteiger charge is 2.09. The van der Waals surface area contributed by atoms with Crippen LogP contribution in [0.25, 0.3) is 0 Å². The predicted octanol–water partition coefficient (Wildman–Crippen LogP) is 0.964. The summed E-state index contributed by atoms with van der Waals surface area (Å²) in [6.45, 7) is 2.34. The summed E-state index contributed by atoms with van der Waals surface area (Å²) in [7, 11) is 1.44. The van der Waals surface area contributed by atoms with Gasteiger partial charge in [0.1, 0.15) is 11.6 Å². The van der Waals surface area contributed by atoms with Gasteiger partial charge < -0.3 is 21.1 Å². The van der Waals surface area contributed by atoms with Crippen molar-refractivity contribution in [3.63, 3.8) is 0 Å². The lowest BCUT2D eigenvalue weighted by atomic mass is 10.2. The van der Waals surface area contributed by atoms with Crippen LogP contribution in [0.5, 0.6) is 5.75 Å². The van der Waals surface area contributed by atoms with Gasteiger partial charge in [-0.25, -0.2) is 4.39 Å². The molecule has 6 heteroatoms. The van der Waals surface area contributed by atoms with E-state index in [2.05, 4.69) is 10.6 Å². The van der Waals surface area contributed by atoms with Crippen LogP contribution in [0.4, 0.5) is 15.8 Å². The first-order valence-corrected chi connectivity index (χ1v) is 5.22. The summed E-state index contributed by atoms with van der Waals surface area (Å²) in [5.41, 5.74) is 5.93. The van der Waals surface area contributed by atoms with Gasteiger partial charge in [-0.2, -0.15) is 0 Å². The minimum atomic E-state index is -0.521. The van der Waals surface area contributed by atoms with E-state index in [0.29, 0.717) is 12.3 Å². The molecule has 0 aliphatic heterocycles. The summed E-state index contributed by atoms with van der Waals surface area (Å²) in [5, 5.41) is 5.27. The van der Waals surface area contributed by atoms with E-state index < -0.39 is 5.82 Å². The Balaban J connectivity index is 2.74. The molecule has 0 bridgehead atoms. The van der Waals surface area contributed by atoms with Crippen LogP contribution in [0.2, 0.25) is 0 Å². The number of nitrogens with two attached hydrogens (primary N) is 1. The van der Waals surface area contributed by atoms with Gasteiger partial charge >= 0.3 is 0 Å². The molecule has 0 aliphatic rings. The van der Waals surface area contributed by atoms with Crippen LogP contribution in [-0.2, 0) is 4.79 Å². The molecule has 0 aromatic heterocycles. The van der Waals surface area contributed by atoms with Crippen LogP contribution in [0.1, 0.15) is 6.92 Å². The number of halogens is 1. The fraction of sp³-hybridized carbons (Fsp3) is 0.364. The topological polar surface area (TPSA) is 76.4 Å². The first-order chi connectivity index (χ1) is 8.08. The molecule has 4 N–H and O–H groups in total. The minimum Gasteiger partial charge on any atom is -0.495 e. The van der Waals surface area contributed by atoms with Gasteiger partial charge in [-0.1, -0.05) is 0 Å². The van der Waals surface area contributed by atoms with Crippen molar-refractivity contribution in [1.82, 2.24) is 5.32 Å². The Morgan fingerprint density at radius 2 is 2.24 bits per heavy atom. The van der Waals surface area contributed by atoms with E-state index in [9.17, 15) is 9.18 Å². The van der Waals surface area contributed by atoms with E-state index in [-0.39, 0.29) is 23.8 Å². The SMILES string of the molecule is CCNC(=O)CNc1cc(OC)c(N)cc1F. The van der Waals surface area contributed by atoms with E-state index in [1.165, 1.54) is 13.2 Å². The second-order valence-electron chi connectivity index (χ2n) is 3.38. The number of nitrogens with one attached hydrogen (secondary N) is 2. The van der Waals surface area contributed by atoms with Gasteiger partial charge in [-0.15, -0.1) is 0 Å². The van der Waals surface area contributed by atoms with Crippen LogP contribution >= 0.6 is 0 Å². The summed E-state index contributed by atoms with van der Waals surface area (Å²) >= 11 is 0. The van der Waals surface area contributed by atoms with Crippen molar-refractivity contribution in [2.24, 2.45) is 0 Å². The molecule has 5 nitrogen and oxygen atoms in total. The summed E-state index contributed by atoms with van der Waals surface area (Å²) < 4.78 is 18.4. The molecule has 0 fully saturated rings. The molecule has 94 valence electrons. The number of rotatable bonds is 5. The lowest BCUT2D eigenvalue weighted by molar-refractivity contribution is -0.119. The molecule has 0 atom stereocenters. The van der Waals surface area contributed by atoms with Gasteiger partial charge in [0.2, 0.25) is 5.91 Å². The van der Waals surface area contributed by atoms with Crippen molar-refractivity contribution in [3.05, 3.63) is 17.9 Å². The molecule has 0 spiro atoms. The molecule has 0 aliphatic carbocycles. The first kappa shape index (κ1) is 13.1. The van der Waals surface area contributed by atoms with Gasteiger partial charge in [0.25, 0.3) is 0 Å². The molecule has 1 aromatic rings. The highest BCUT2D eigenvalue weighted by Crippen LogP contribution is 2.27. The average Bonchev–Trinajstić information content (AvgIpc) is 2.28. The molecule has 1 rings (SSSR count). The molecular weight excluding hydrogens is 225 g/mol. The van der Waals surface area contributed by atoms with E-state index >= 15 is 0 Å². The van der Waals surface area contributed by atoms with Gasteiger partial charge in [0.05, 0.1) is 25.0 Å². The van der Waals surface area contributed by atoms with Gasteiger partial charge in [-0.05, 0) is 6.92 Å². The Bertz CT molecular complexity index is 410.